The van der Waals surface area contributed by atoms with E-state index in [-0.39, 0.29) is 27.7 Å². The van der Waals surface area contributed by atoms with Gasteiger partial charge in [0, 0.05) is 11.5 Å². The van der Waals surface area contributed by atoms with Gasteiger partial charge in [-0.1, -0.05) is 23.5 Å². The lowest BCUT2D eigenvalue weighted by Crippen LogP contribution is -2.29. The Balaban J connectivity index is 1.59. The van der Waals surface area contributed by atoms with Gasteiger partial charge in [-0.2, -0.15) is 0 Å². The van der Waals surface area contributed by atoms with E-state index in [1.54, 1.807) is 24.3 Å². The number of amides is 1. The maximum absolute atomic E-state index is 14.2. The number of aromatic nitrogens is 1. The Hall–Kier alpha value is -3.72. The number of furan rings is 2. The van der Waals surface area contributed by atoms with Crippen molar-refractivity contribution in [2.24, 2.45) is 0 Å². The third-order valence-electron chi connectivity index (χ3n) is 4.79. The maximum Gasteiger partial charge on any atom is 0.296 e. The fourth-order valence-corrected chi connectivity index (χ4v) is 4.39. The molecule has 9 heteroatoms. The van der Waals surface area contributed by atoms with Crippen LogP contribution < -0.4 is 9.64 Å². The number of carbonyl (C=O) groups excluding carboxylic acids is 1. The van der Waals surface area contributed by atoms with E-state index in [2.05, 4.69) is 4.98 Å². The second-order valence-electron chi connectivity index (χ2n) is 6.92. The largest absolute Gasteiger partial charge is 0.490 e. The third-order valence-corrected chi connectivity index (χ3v) is 5.82. The molecule has 0 aliphatic rings. The molecule has 3 aromatic heterocycles. The van der Waals surface area contributed by atoms with Crippen LogP contribution in [0.4, 0.5) is 13.9 Å². The smallest absolute Gasteiger partial charge is 0.296 e. The molecule has 0 aliphatic heterocycles. The molecule has 6 nitrogen and oxygen atoms in total. The molecule has 0 saturated carbocycles. The highest BCUT2D eigenvalue weighted by atomic mass is 32.1. The molecular weight excluding hydrogens is 438 g/mol. The van der Waals surface area contributed by atoms with E-state index >= 15 is 0 Å². The lowest BCUT2D eigenvalue weighted by molar-refractivity contribution is 0.0958. The van der Waals surface area contributed by atoms with Crippen molar-refractivity contribution < 1.29 is 27.1 Å². The summed E-state index contributed by atoms with van der Waals surface area (Å²) in [7, 11) is 0. The molecule has 0 radical (unpaired) electrons. The number of ether oxygens (including phenoxy) is 1. The number of anilines is 1. The highest BCUT2D eigenvalue weighted by molar-refractivity contribution is 7.22. The van der Waals surface area contributed by atoms with E-state index in [0.29, 0.717) is 29.1 Å². The van der Waals surface area contributed by atoms with Gasteiger partial charge in [-0.15, -0.1) is 0 Å². The Kier molecular flexibility index (Phi) is 5.10. The fraction of sp³-hybridized carbons (Fsp3) is 0.130. The predicted octanol–water partition coefficient (Wildman–Crippen LogP) is 6.16. The van der Waals surface area contributed by atoms with Gasteiger partial charge in [0.15, 0.2) is 28.0 Å². The van der Waals surface area contributed by atoms with Crippen LogP contribution >= 0.6 is 11.3 Å². The quantitative estimate of drug-likeness (QED) is 0.307. The van der Waals surface area contributed by atoms with Crippen LogP contribution in [-0.4, -0.2) is 17.5 Å². The molecule has 2 aromatic carbocycles. The van der Waals surface area contributed by atoms with E-state index < -0.39 is 17.5 Å². The topological polar surface area (TPSA) is 68.7 Å². The van der Waals surface area contributed by atoms with Crippen LogP contribution in [0.15, 0.2) is 63.6 Å². The first-order valence-corrected chi connectivity index (χ1v) is 10.6. The molecule has 5 aromatic rings. The molecule has 162 valence electrons. The summed E-state index contributed by atoms with van der Waals surface area (Å²) in [4.78, 5) is 19.1. The van der Waals surface area contributed by atoms with Crippen molar-refractivity contribution in [3.63, 3.8) is 0 Å². The molecule has 0 aliphatic carbocycles. The number of benzene rings is 2. The van der Waals surface area contributed by atoms with Gasteiger partial charge in [0.25, 0.3) is 5.91 Å². The Labute approximate surface area is 184 Å². The fourth-order valence-electron chi connectivity index (χ4n) is 3.39. The first-order valence-electron chi connectivity index (χ1n) is 9.78. The summed E-state index contributed by atoms with van der Waals surface area (Å²) in [5, 5.41) is 0.894. The molecule has 0 unspecified atom stereocenters. The summed E-state index contributed by atoms with van der Waals surface area (Å²) in [6.07, 6.45) is 1.49. The zero-order valence-electron chi connectivity index (χ0n) is 16.8. The van der Waals surface area contributed by atoms with Crippen LogP contribution in [0.1, 0.15) is 23.2 Å². The van der Waals surface area contributed by atoms with Crippen LogP contribution in [0.2, 0.25) is 0 Å². The summed E-state index contributed by atoms with van der Waals surface area (Å²) >= 11 is 1.00. The maximum atomic E-state index is 14.2. The van der Waals surface area contributed by atoms with E-state index in [1.807, 2.05) is 19.1 Å². The Morgan fingerprint density at radius 2 is 2.06 bits per heavy atom. The molecule has 0 N–H and O–H groups in total. The minimum atomic E-state index is -0.794. The van der Waals surface area contributed by atoms with Crippen molar-refractivity contribution in [1.29, 1.82) is 0 Å². The Morgan fingerprint density at radius 3 is 2.84 bits per heavy atom. The van der Waals surface area contributed by atoms with Crippen molar-refractivity contribution >= 4 is 43.6 Å². The van der Waals surface area contributed by atoms with Crippen LogP contribution in [0, 0.1) is 11.6 Å². The van der Waals surface area contributed by atoms with E-state index in [9.17, 15) is 13.6 Å². The number of carbonyl (C=O) groups is 1. The van der Waals surface area contributed by atoms with Gasteiger partial charge in [0.2, 0.25) is 0 Å². The molecule has 0 saturated heterocycles. The van der Waals surface area contributed by atoms with Crippen LogP contribution in [0.3, 0.4) is 0 Å². The molecule has 0 atom stereocenters. The number of thiazole rings is 1. The third kappa shape index (κ3) is 3.60. The van der Waals surface area contributed by atoms with Gasteiger partial charge >= 0.3 is 0 Å². The first-order chi connectivity index (χ1) is 15.5. The number of fused-ring (bicyclic) bond motifs is 2. The Bertz CT molecular complexity index is 1430. The average Bonchev–Trinajstić information content (AvgIpc) is 3.51. The van der Waals surface area contributed by atoms with Gasteiger partial charge in [-0.3, -0.25) is 9.69 Å². The summed E-state index contributed by atoms with van der Waals surface area (Å²) in [5.41, 5.74) is 0.444. The van der Waals surface area contributed by atoms with Crippen LogP contribution in [0.25, 0.3) is 21.2 Å². The highest BCUT2D eigenvalue weighted by Crippen LogP contribution is 2.34. The van der Waals surface area contributed by atoms with Crippen LogP contribution in [0.5, 0.6) is 5.75 Å². The SMILES string of the molecule is CCOc1cccc2cc(C(=O)N(Cc3ccco3)c3nc4c(F)cc(F)cc4s3)oc12. The van der Waals surface area contributed by atoms with Gasteiger partial charge in [0.1, 0.15) is 17.1 Å². The standard InChI is InChI=1S/C23H16F2N2O4S/c1-2-29-17-7-3-5-13-9-18(31-21(13)17)22(28)27(12-15-6-4-8-30-15)23-26-20-16(25)10-14(24)11-19(20)32-23/h3-11H,2,12H2,1H3. The highest BCUT2D eigenvalue weighted by Gasteiger charge is 2.27. The number of rotatable bonds is 6. The summed E-state index contributed by atoms with van der Waals surface area (Å²) < 4.78 is 45.0. The van der Waals surface area contributed by atoms with Crippen molar-refractivity contribution in [2.45, 2.75) is 13.5 Å². The minimum absolute atomic E-state index is 0.00752. The lowest BCUT2D eigenvalue weighted by atomic mass is 10.2. The minimum Gasteiger partial charge on any atom is -0.490 e. The summed E-state index contributed by atoms with van der Waals surface area (Å²) in [6, 6.07) is 12.3. The summed E-state index contributed by atoms with van der Waals surface area (Å²) in [6.45, 7) is 2.33. The van der Waals surface area contributed by atoms with Crippen LogP contribution in [-0.2, 0) is 6.54 Å². The van der Waals surface area contributed by atoms with Gasteiger partial charge in [0.05, 0.1) is 24.1 Å². The molecular formula is C23H16F2N2O4S. The Morgan fingerprint density at radius 1 is 1.19 bits per heavy atom. The molecule has 0 fully saturated rings. The monoisotopic (exact) mass is 454 g/mol. The number of hydrogen-bond acceptors (Lipinski definition) is 6. The van der Waals surface area contributed by atoms with E-state index in [4.69, 9.17) is 13.6 Å². The average molecular weight is 454 g/mol. The molecule has 0 bridgehead atoms. The van der Waals surface area contributed by atoms with Crippen molar-refractivity contribution in [3.05, 3.63) is 77.9 Å². The zero-order valence-corrected chi connectivity index (χ0v) is 17.6. The van der Waals surface area contributed by atoms with Crippen molar-refractivity contribution in [1.82, 2.24) is 4.98 Å². The zero-order chi connectivity index (χ0) is 22.2. The molecule has 0 spiro atoms. The first kappa shape index (κ1) is 20.2. The normalized spacial score (nSPS) is 11.3. The van der Waals surface area contributed by atoms with Gasteiger partial charge < -0.3 is 13.6 Å². The lowest BCUT2D eigenvalue weighted by Gasteiger charge is -2.17. The van der Waals surface area contributed by atoms with Gasteiger partial charge in [-0.05, 0) is 37.3 Å². The molecule has 1 amide bonds. The number of nitrogens with zero attached hydrogens (tertiary/aromatic N) is 2. The second-order valence-corrected chi connectivity index (χ2v) is 7.93. The molecule has 5 rings (SSSR count). The van der Waals surface area contributed by atoms with Crippen molar-refractivity contribution in [3.8, 4) is 5.75 Å². The van der Waals surface area contributed by atoms with E-state index in [1.165, 1.54) is 17.2 Å². The van der Waals surface area contributed by atoms with Gasteiger partial charge in [-0.25, -0.2) is 13.8 Å². The predicted molar refractivity (Wildman–Crippen MR) is 116 cm³/mol. The van der Waals surface area contributed by atoms with E-state index in [0.717, 1.165) is 17.4 Å². The van der Waals surface area contributed by atoms with Crippen molar-refractivity contribution in [2.75, 3.05) is 11.5 Å². The number of halogens is 2. The molecule has 32 heavy (non-hydrogen) atoms. The second kappa shape index (κ2) is 8.08. The summed E-state index contributed by atoms with van der Waals surface area (Å²) in [5.74, 6) is -0.924. The number of hydrogen-bond donors (Lipinski definition) is 0. The molecule has 3 heterocycles. The number of para-hydroxylation sites is 1.